The van der Waals surface area contributed by atoms with Crippen LogP contribution in [-0.2, 0) is 6.18 Å². The van der Waals surface area contributed by atoms with Gasteiger partial charge < -0.3 is 11.1 Å². The lowest BCUT2D eigenvalue weighted by molar-refractivity contribution is -0.137. The molecule has 3 N–H and O–H groups in total. The van der Waals surface area contributed by atoms with Crippen molar-refractivity contribution in [2.75, 3.05) is 5.32 Å². The van der Waals surface area contributed by atoms with Crippen molar-refractivity contribution >= 4 is 46.2 Å². The average Bonchev–Trinajstić information content (AvgIpc) is 2.07. The zero-order valence-electron chi connectivity index (χ0n) is 7.53. The molecule has 0 saturated carbocycles. The van der Waals surface area contributed by atoms with Crippen molar-refractivity contribution in [1.29, 1.82) is 0 Å². The zero-order chi connectivity index (χ0) is 12.5. The molecule has 0 aliphatic heterocycles. The number of rotatable bonds is 1. The van der Waals surface area contributed by atoms with Crippen LogP contribution in [0.25, 0.3) is 0 Å². The van der Waals surface area contributed by atoms with Gasteiger partial charge in [0.25, 0.3) is 0 Å². The van der Waals surface area contributed by atoms with Crippen LogP contribution >= 0.6 is 35.4 Å². The number of halogens is 5. The highest BCUT2D eigenvalue weighted by atomic mass is 35.5. The van der Waals surface area contributed by atoms with E-state index in [1.54, 1.807) is 0 Å². The van der Waals surface area contributed by atoms with E-state index in [2.05, 4.69) is 17.5 Å². The Kier molecular flexibility index (Phi) is 3.88. The molecule has 16 heavy (non-hydrogen) atoms. The second-order valence-electron chi connectivity index (χ2n) is 2.77. The van der Waals surface area contributed by atoms with E-state index in [-0.39, 0.29) is 10.8 Å². The Morgan fingerprint density at radius 2 is 1.88 bits per heavy atom. The van der Waals surface area contributed by atoms with Gasteiger partial charge in [-0.3, -0.25) is 0 Å². The molecule has 0 saturated heterocycles. The second-order valence-corrected chi connectivity index (χ2v) is 4.00. The Labute approximate surface area is 105 Å². The molecule has 1 rings (SSSR count). The Morgan fingerprint density at radius 1 is 1.31 bits per heavy atom. The zero-order valence-corrected chi connectivity index (χ0v) is 9.86. The van der Waals surface area contributed by atoms with E-state index in [9.17, 15) is 13.2 Å². The number of hydrogen-bond donors (Lipinski definition) is 2. The first kappa shape index (κ1) is 13.3. The largest absolute Gasteiger partial charge is 0.419 e. The van der Waals surface area contributed by atoms with Gasteiger partial charge in [0.15, 0.2) is 5.11 Å². The highest BCUT2D eigenvalue weighted by molar-refractivity contribution is 7.80. The minimum Gasteiger partial charge on any atom is -0.376 e. The average molecular weight is 289 g/mol. The van der Waals surface area contributed by atoms with Crippen molar-refractivity contribution in [3.05, 3.63) is 27.7 Å². The summed E-state index contributed by atoms with van der Waals surface area (Å²) in [6, 6.07) is 2.33. The topological polar surface area (TPSA) is 38.0 Å². The lowest BCUT2D eigenvalue weighted by Gasteiger charge is -2.14. The van der Waals surface area contributed by atoms with Crippen LogP contribution in [0.4, 0.5) is 18.9 Å². The lowest BCUT2D eigenvalue weighted by Crippen LogP contribution is -2.20. The summed E-state index contributed by atoms with van der Waals surface area (Å²) in [7, 11) is 0. The van der Waals surface area contributed by atoms with Crippen molar-refractivity contribution in [3.63, 3.8) is 0 Å². The van der Waals surface area contributed by atoms with Crippen LogP contribution in [0.2, 0.25) is 10.0 Å². The highest BCUT2D eigenvalue weighted by Gasteiger charge is 2.36. The molecule has 0 spiro atoms. The third-order valence-electron chi connectivity index (χ3n) is 1.63. The maximum Gasteiger partial charge on any atom is 0.419 e. The number of thiocarbonyl (C=S) groups is 1. The van der Waals surface area contributed by atoms with E-state index in [1.807, 2.05) is 0 Å². The summed E-state index contributed by atoms with van der Waals surface area (Å²) in [6.45, 7) is 0. The fraction of sp³-hybridized carbons (Fsp3) is 0.125. The quantitative estimate of drug-likeness (QED) is 0.775. The molecule has 1 aromatic carbocycles. The number of nitrogens with two attached hydrogens (primary N) is 1. The first-order valence-electron chi connectivity index (χ1n) is 3.85. The van der Waals surface area contributed by atoms with E-state index in [4.69, 9.17) is 28.9 Å². The molecule has 1 aromatic rings. The number of benzene rings is 1. The fourth-order valence-corrected chi connectivity index (χ4v) is 1.78. The number of hydrogen-bond acceptors (Lipinski definition) is 1. The Balaban J connectivity index is 3.33. The molecule has 0 heterocycles. The molecule has 0 aromatic heterocycles. The number of alkyl halides is 3. The predicted molar refractivity (Wildman–Crippen MR) is 61.9 cm³/mol. The van der Waals surface area contributed by atoms with Crippen LogP contribution < -0.4 is 11.1 Å². The van der Waals surface area contributed by atoms with Crippen LogP contribution in [0.3, 0.4) is 0 Å². The van der Waals surface area contributed by atoms with Gasteiger partial charge in [0.05, 0.1) is 21.3 Å². The normalized spacial score (nSPS) is 11.3. The van der Waals surface area contributed by atoms with E-state index in [0.717, 1.165) is 6.07 Å². The van der Waals surface area contributed by atoms with Crippen molar-refractivity contribution in [2.24, 2.45) is 5.73 Å². The molecular weight excluding hydrogens is 284 g/mol. The van der Waals surface area contributed by atoms with Crippen LogP contribution in [0.15, 0.2) is 12.1 Å². The summed E-state index contributed by atoms with van der Waals surface area (Å²) in [4.78, 5) is 0. The minimum atomic E-state index is -4.64. The van der Waals surface area contributed by atoms with Gasteiger partial charge in [-0.1, -0.05) is 23.2 Å². The molecule has 0 atom stereocenters. The molecule has 0 aliphatic carbocycles. The van der Waals surface area contributed by atoms with E-state index >= 15 is 0 Å². The molecule has 0 fully saturated rings. The maximum atomic E-state index is 12.6. The van der Waals surface area contributed by atoms with Crippen LogP contribution in [0.5, 0.6) is 0 Å². The molecule has 0 bridgehead atoms. The molecule has 2 nitrogen and oxygen atoms in total. The lowest BCUT2D eigenvalue weighted by atomic mass is 10.2. The van der Waals surface area contributed by atoms with Gasteiger partial charge >= 0.3 is 6.18 Å². The molecule has 0 amide bonds. The van der Waals surface area contributed by atoms with Crippen molar-refractivity contribution in [1.82, 2.24) is 0 Å². The van der Waals surface area contributed by atoms with Crippen molar-refractivity contribution < 1.29 is 13.2 Å². The van der Waals surface area contributed by atoms with Gasteiger partial charge in [0, 0.05) is 0 Å². The Morgan fingerprint density at radius 3 is 2.31 bits per heavy atom. The standard InChI is InChI=1S/C8H5Cl2F3N2S/c9-3-1-2-4(15-7(14)16)6(10)5(3)8(11,12)13/h1-2H,(H3,14,15,16). The summed E-state index contributed by atoms with van der Waals surface area (Å²) in [5.41, 5.74) is 3.99. The summed E-state index contributed by atoms with van der Waals surface area (Å²) in [5, 5.41) is 1.11. The van der Waals surface area contributed by atoms with Gasteiger partial charge in [0.1, 0.15) is 0 Å². The van der Waals surface area contributed by atoms with E-state index in [0.29, 0.717) is 0 Å². The van der Waals surface area contributed by atoms with Gasteiger partial charge in [-0.2, -0.15) is 13.2 Å². The summed E-state index contributed by atoms with van der Waals surface area (Å²) in [6.07, 6.45) is -4.64. The number of nitrogens with one attached hydrogen (secondary N) is 1. The summed E-state index contributed by atoms with van der Waals surface area (Å²) < 4.78 is 37.7. The predicted octanol–water partition coefficient (Wildman–Crippen LogP) is 3.67. The molecule has 0 radical (unpaired) electrons. The van der Waals surface area contributed by atoms with Crippen LogP contribution in [-0.4, -0.2) is 5.11 Å². The number of anilines is 1. The summed E-state index contributed by atoms with van der Waals surface area (Å²) in [5.74, 6) is 0. The maximum absolute atomic E-state index is 12.6. The monoisotopic (exact) mass is 288 g/mol. The molecule has 0 aliphatic rings. The Hall–Kier alpha value is -0.720. The summed E-state index contributed by atoms with van der Waals surface area (Å²) >= 11 is 15.5. The smallest absolute Gasteiger partial charge is 0.376 e. The van der Waals surface area contributed by atoms with Gasteiger partial charge in [-0.05, 0) is 24.4 Å². The Bertz CT molecular complexity index is 434. The van der Waals surface area contributed by atoms with Gasteiger partial charge in [-0.25, -0.2) is 0 Å². The van der Waals surface area contributed by atoms with Crippen molar-refractivity contribution in [2.45, 2.75) is 6.18 Å². The first-order chi connectivity index (χ1) is 7.23. The molecule has 88 valence electrons. The fourth-order valence-electron chi connectivity index (χ4n) is 1.04. The van der Waals surface area contributed by atoms with Crippen LogP contribution in [0, 0.1) is 0 Å². The SMILES string of the molecule is NC(=S)Nc1ccc(Cl)c(C(F)(F)F)c1Cl. The third kappa shape index (κ3) is 2.90. The minimum absolute atomic E-state index is 0.0362. The first-order valence-corrected chi connectivity index (χ1v) is 5.01. The van der Waals surface area contributed by atoms with Crippen LogP contribution in [0.1, 0.15) is 5.56 Å². The third-order valence-corrected chi connectivity index (χ3v) is 2.44. The van der Waals surface area contributed by atoms with E-state index in [1.165, 1.54) is 6.07 Å². The van der Waals surface area contributed by atoms with Gasteiger partial charge in [-0.15, -0.1) is 0 Å². The molecule has 0 unspecified atom stereocenters. The molecule has 8 heteroatoms. The van der Waals surface area contributed by atoms with Gasteiger partial charge in [0.2, 0.25) is 0 Å². The highest BCUT2D eigenvalue weighted by Crippen LogP contribution is 2.42. The molecular formula is C8H5Cl2F3N2S. The van der Waals surface area contributed by atoms with E-state index < -0.39 is 21.8 Å². The van der Waals surface area contributed by atoms with Crippen molar-refractivity contribution in [3.8, 4) is 0 Å². The second kappa shape index (κ2) is 4.65.